The van der Waals surface area contributed by atoms with E-state index in [9.17, 15) is 4.39 Å². The van der Waals surface area contributed by atoms with E-state index in [2.05, 4.69) is 46.7 Å². The third-order valence-corrected chi connectivity index (χ3v) is 6.24. The van der Waals surface area contributed by atoms with Crippen molar-refractivity contribution in [3.8, 4) is 0 Å². The summed E-state index contributed by atoms with van der Waals surface area (Å²) in [6.45, 7) is 0.950. The second kappa shape index (κ2) is 6.97. The zero-order valence-corrected chi connectivity index (χ0v) is 15.5. The van der Waals surface area contributed by atoms with Gasteiger partial charge in [-0.1, -0.05) is 36.4 Å². The summed E-state index contributed by atoms with van der Waals surface area (Å²) < 4.78 is 13.7. The van der Waals surface area contributed by atoms with E-state index in [0.29, 0.717) is 12.0 Å². The van der Waals surface area contributed by atoms with Gasteiger partial charge in [-0.15, -0.1) is 0 Å². The lowest BCUT2D eigenvalue weighted by Gasteiger charge is -2.30. The number of benzene rings is 2. The molecule has 1 aromatic heterocycles. The number of aromatic nitrogens is 1. The molecule has 5 rings (SSSR count). The van der Waals surface area contributed by atoms with Crippen molar-refractivity contribution in [2.45, 2.75) is 38.1 Å². The van der Waals surface area contributed by atoms with Crippen LogP contribution >= 0.6 is 0 Å². The lowest BCUT2D eigenvalue weighted by atomic mass is 9.80. The molecule has 2 aromatic carbocycles. The number of fused-ring (bicyclic) bond motifs is 3. The van der Waals surface area contributed by atoms with Gasteiger partial charge in [-0.3, -0.25) is 0 Å². The summed E-state index contributed by atoms with van der Waals surface area (Å²) in [4.78, 5) is 3.50. The SMILES string of the molecule is Fc1ccc2[nH]c3c(c2c1)CC(CC1CC(c2ccccc2)=CCN1)CC3. The minimum atomic E-state index is -0.141. The Hall–Kier alpha value is -2.39. The molecule has 2 heterocycles. The van der Waals surface area contributed by atoms with Crippen LogP contribution in [0.1, 0.15) is 36.1 Å². The average Bonchev–Trinajstić information content (AvgIpc) is 3.06. The Balaban J connectivity index is 1.31. The van der Waals surface area contributed by atoms with Gasteiger partial charge < -0.3 is 10.3 Å². The van der Waals surface area contributed by atoms with Crippen LogP contribution < -0.4 is 5.32 Å². The summed E-state index contributed by atoms with van der Waals surface area (Å²) in [5.41, 5.74) is 6.54. The van der Waals surface area contributed by atoms with Crippen LogP contribution in [0.25, 0.3) is 16.5 Å². The fraction of sp³-hybridized carbons (Fsp3) is 0.333. The van der Waals surface area contributed by atoms with Crippen molar-refractivity contribution in [3.05, 3.63) is 77.2 Å². The Morgan fingerprint density at radius 3 is 2.81 bits per heavy atom. The maximum Gasteiger partial charge on any atom is 0.123 e. The molecule has 2 atom stereocenters. The van der Waals surface area contributed by atoms with E-state index < -0.39 is 0 Å². The molecule has 2 nitrogen and oxygen atoms in total. The van der Waals surface area contributed by atoms with Crippen LogP contribution in [0, 0.1) is 11.7 Å². The standard InChI is InChI=1S/C24H25FN2/c25-19-7-9-24-22(15-19)21-13-16(6-8-23(21)27-24)12-20-14-18(10-11-26-20)17-4-2-1-3-5-17/h1-5,7,9-10,15-16,20,26-27H,6,8,11-14H2. The fourth-order valence-corrected chi connectivity index (χ4v) is 4.89. The first-order chi connectivity index (χ1) is 13.3. The summed E-state index contributed by atoms with van der Waals surface area (Å²) in [5, 5.41) is 4.77. The van der Waals surface area contributed by atoms with Crippen molar-refractivity contribution in [2.75, 3.05) is 6.54 Å². The largest absolute Gasteiger partial charge is 0.358 e. The van der Waals surface area contributed by atoms with Crippen molar-refractivity contribution in [2.24, 2.45) is 5.92 Å². The van der Waals surface area contributed by atoms with Crippen molar-refractivity contribution in [3.63, 3.8) is 0 Å². The quantitative estimate of drug-likeness (QED) is 0.656. The molecule has 0 saturated heterocycles. The molecule has 3 aromatic rings. The Bertz CT molecular complexity index is 986. The van der Waals surface area contributed by atoms with Crippen molar-refractivity contribution < 1.29 is 4.39 Å². The van der Waals surface area contributed by atoms with Crippen molar-refractivity contribution >= 4 is 16.5 Å². The first-order valence-electron chi connectivity index (χ1n) is 10.0. The number of nitrogens with one attached hydrogen (secondary N) is 2. The van der Waals surface area contributed by atoms with Gasteiger partial charge in [0.2, 0.25) is 0 Å². The van der Waals surface area contributed by atoms with E-state index in [-0.39, 0.29) is 5.82 Å². The molecule has 1 aliphatic heterocycles. The van der Waals surface area contributed by atoms with Gasteiger partial charge in [0.15, 0.2) is 0 Å². The highest BCUT2D eigenvalue weighted by molar-refractivity contribution is 5.85. The molecule has 0 radical (unpaired) electrons. The van der Waals surface area contributed by atoms with Gasteiger partial charge in [0, 0.05) is 29.2 Å². The van der Waals surface area contributed by atoms with E-state index in [1.807, 2.05) is 6.07 Å². The van der Waals surface area contributed by atoms with Crippen LogP contribution in [-0.4, -0.2) is 17.6 Å². The lowest BCUT2D eigenvalue weighted by Crippen LogP contribution is -2.35. The lowest BCUT2D eigenvalue weighted by molar-refractivity contribution is 0.356. The van der Waals surface area contributed by atoms with E-state index in [0.717, 1.165) is 36.7 Å². The third-order valence-electron chi connectivity index (χ3n) is 6.24. The molecular weight excluding hydrogens is 335 g/mol. The van der Waals surface area contributed by atoms with Gasteiger partial charge in [-0.2, -0.15) is 0 Å². The normalized spacial score (nSPS) is 22.5. The molecule has 3 heteroatoms. The van der Waals surface area contributed by atoms with Gasteiger partial charge in [-0.25, -0.2) is 4.39 Å². The maximum absolute atomic E-state index is 13.7. The van der Waals surface area contributed by atoms with Gasteiger partial charge in [0.25, 0.3) is 0 Å². The number of H-pyrrole nitrogens is 1. The Morgan fingerprint density at radius 1 is 1.04 bits per heavy atom. The van der Waals surface area contributed by atoms with Gasteiger partial charge in [-0.05, 0) is 72.9 Å². The van der Waals surface area contributed by atoms with E-state index >= 15 is 0 Å². The first kappa shape index (κ1) is 16.8. The number of hydrogen-bond acceptors (Lipinski definition) is 1. The molecular formula is C24H25FN2. The second-order valence-electron chi connectivity index (χ2n) is 8.02. The molecule has 1 aliphatic carbocycles. The number of aryl methyl sites for hydroxylation is 1. The van der Waals surface area contributed by atoms with Crippen LogP contribution in [0.2, 0.25) is 0 Å². The topological polar surface area (TPSA) is 27.8 Å². The average molecular weight is 360 g/mol. The summed E-state index contributed by atoms with van der Waals surface area (Å²) >= 11 is 0. The number of hydrogen-bond donors (Lipinski definition) is 2. The van der Waals surface area contributed by atoms with Crippen LogP contribution in [0.4, 0.5) is 4.39 Å². The predicted octanol–water partition coefficient (Wildman–Crippen LogP) is 5.25. The smallest absolute Gasteiger partial charge is 0.123 e. The van der Waals surface area contributed by atoms with Crippen LogP contribution in [-0.2, 0) is 12.8 Å². The summed E-state index contributed by atoms with van der Waals surface area (Å²) in [6, 6.07) is 16.4. The van der Waals surface area contributed by atoms with Crippen molar-refractivity contribution in [1.82, 2.24) is 10.3 Å². The predicted molar refractivity (Wildman–Crippen MR) is 109 cm³/mol. The zero-order chi connectivity index (χ0) is 18.2. The zero-order valence-electron chi connectivity index (χ0n) is 15.5. The molecule has 2 N–H and O–H groups in total. The summed E-state index contributed by atoms with van der Waals surface area (Å²) in [5.74, 6) is 0.519. The van der Waals surface area contributed by atoms with E-state index in [4.69, 9.17) is 0 Å². The van der Waals surface area contributed by atoms with Gasteiger partial charge in [0.1, 0.15) is 5.82 Å². The number of halogens is 1. The molecule has 2 aliphatic rings. The Morgan fingerprint density at radius 2 is 1.93 bits per heavy atom. The fourth-order valence-electron chi connectivity index (χ4n) is 4.89. The monoisotopic (exact) mass is 360 g/mol. The van der Waals surface area contributed by atoms with Crippen molar-refractivity contribution in [1.29, 1.82) is 0 Å². The molecule has 0 fully saturated rings. The molecule has 0 bridgehead atoms. The second-order valence-corrected chi connectivity index (χ2v) is 8.02. The molecule has 138 valence electrons. The van der Waals surface area contributed by atoms with E-state index in [1.54, 1.807) is 12.1 Å². The highest BCUT2D eigenvalue weighted by Crippen LogP contribution is 2.35. The summed E-state index contributed by atoms with van der Waals surface area (Å²) in [6.07, 6.45) is 7.95. The van der Waals surface area contributed by atoms with E-state index in [1.165, 1.54) is 35.2 Å². The third kappa shape index (κ3) is 3.32. The molecule has 0 amide bonds. The number of aromatic amines is 1. The van der Waals surface area contributed by atoms with Crippen LogP contribution in [0.5, 0.6) is 0 Å². The highest BCUT2D eigenvalue weighted by Gasteiger charge is 2.26. The number of rotatable bonds is 3. The minimum absolute atomic E-state index is 0.141. The van der Waals surface area contributed by atoms with Gasteiger partial charge >= 0.3 is 0 Å². The Kier molecular flexibility index (Phi) is 4.33. The minimum Gasteiger partial charge on any atom is -0.358 e. The maximum atomic E-state index is 13.7. The molecule has 0 saturated carbocycles. The molecule has 0 spiro atoms. The molecule has 27 heavy (non-hydrogen) atoms. The van der Waals surface area contributed by atoms with Crippen LogP contribution in [0.3, 0.4) is 0 Å². The first-order valence-corrected chi connectivity index (χ1v) is 10.0. The van der Waals surface area contributed by atoms with Gasteiger partial charge in [0.05, 0.1) is 0 Å². The highest BCUT2D eigenvalue weighted by atomic mass is 19.1. The Labute approximate surface area is 159 Å². The molecule has 2 unspecified atom stereocenters. The summed E-state index contributed by atoms with van der Waals surface area (Å²) in [7, 11) is 0. The van der Waals surface area contributed by atoms with Crippen LogP contribution in [0.15, 0.2) is 54.6 Å².